The maximum atomic E-state index is 12.1. The second-order valence-electron chi connectivity index (χ2n) is 7.98. The molecule has 0 fully saturated rings. The van der Waals surface area contributed by atoms with Crippen LogP contribution in [0.5, 0.6) is 5.88 Å². The van der Waals surface area contributed by atoms with Crippen LogP contribution < -0.4 is 4.74 Å². The van der Waals surface area contributed by atoms with Crippen molar-refractivity contribution in [2.75, 3.05) is 20.3 Å². The van der Waals surface area contributed by atoms with Crippen LogP contribution in [0.2, 0.25) is 0 Å². The van der Waals surface area contributed by atoms with Crippen LogP contribution in [0, 0.1) is 6.92 Å². The number of aryl methyl sites for hydroxylation is 1. The van der Waals surface area contributed by atoms with E-state index in [1.54, 1.807) is 0 Å². The van der Waals surface area contributed by atoms with Gasteiger partial charge < -0.3 is 14.2 Å². The van der Waals surface area contributed by atoms with Crippen LogP contribution in [-0.4, -0.2) is 36.3 Å². The molecule has 0 amide bonds. The minimum absolute atomic E-state index is 0.404. The molecule has 34 heavy (non-hydrogen) atoms. The van der Waals surface area contributed by atoms with Gasteiger partial charge in [0.05, 0.1) is 24.6 Å². The average molecular weight is 457 g/mol. The van der Waals surface area contributed by atoms with Crippen LogP contribution in [0.15, 0.2) is 78.9 Å². The molecule has 0 aliphatic rings. The third-order valence-corrected chi connectivity index (χ3v) is 5.46. The van der Waals surface area contributed by atoms with Crippen LogP contribution in [0.25, 0.3) is 22.3 Å². The molecule has 0 aliphatic heterocycles. The number of rotatable bonds is 10. The lowest BCUT2D eigenvalue weighted by Crippen LogP contribution is -2.18. The normalized spacial score (nSPS) is 11.8. The first-order chi connectivity index (χ1) is 16.7. The molecule has 1 heterocycles. The summed E-state index contributed by atoms with van der Waals surface area (Å²) in [7, 11) is 1.37. The van der Waals surface area contributed by atoms with Crippen LogP contribution in [-0.2, 0) is 14.3 Å². The molecule has 1 atom stereocenters. The second kappa shape index (κ2) is 11.4. The zero-order valence-corrected chi connectivity index (χ0v) is 19.4. The molecule has 0 bridgehead atoms. The Labute approximate surface area is 199 Å². The fourth-order valence-corrected chi connectivity index (χ4v) is 3.60. The van der Waals surface area contributed by atoms with Gasteiger partial charge in [0, 0.05) is 12.2 Å². The van der Waals surface area contributed by atoms with E-state index in [9.17, 15) is 4.79 Å². The van der Waals surface area contributed by atoms with Gasteiger partial charge in [-0.05, 0) is 37.5 Å². The Morgan fingerprint density at radius 2 is 1.56 bits per heavy atom. The summed E-state index contributed by atoms with van der Waals surface area (Å²) < 4.78 is 16.8. The van der Waals surface area contributed by atoms with E-state index in [4.69, 9.17) is 24.2 Å². The molecule has 3 aromatic carbocycles. The first kappa shape index (κ1) is 23.4. The van der Waals surface area contributed by atoms with Crippen molar-refractivity contribution < 1.29 is 19.0 Å². The second-order valence-corrected chi connectivity index (χ2v) is 7.98. The van der Waals surface area contributed by atoms with E-state index < -0.39 is 12.1 Å². The van der Waals surface area contributed by atoms with Crippen molar-refractivity contribution in [3.63, 3.8) is 0 Å². The number of hydrogen-bond acceptors (Lipinski definition) is 6. The Balaban J connectivity index is 1.37. The molecule has 0 spiro atoms. The van der Waals surface area contributed by atoms with Crippen molar-refractivity contribution in [2.45, 2.75) is 25.9 Å². The zero-order chi connectivity index (χ0) is 23.8. The number of fused-ring (bicyclic) bond motifs is 1. The van der Waals surface area contributed by atoms with Crippen molar-refractivity contribution in [1.82, 2.24) is 9.97 Å². The SMILES string of the molecule is COC(=O)C(OCCCCOc1nc(-c2ccc(C)cc2)nc2ccccc12)c1ccccc1. The van der Waals surface area contributed by atoms with Gasteiger partial charge in [-0.25, -0.2) is 9.78 Å². The topological polar surface area (TPSA) is 70.5 Å². The summed E-state index contributed by atoms with van der Waals surface area (Å²) in [6, 6.07) is 25.3. The van der Waals surface area contributed by atoms with Gasteiger partial charge in [0.2, 0.25) is 5.88 Å². The Bertz CT molecular complexity index is 1230. The molecule has 6 nitrogen and oxygen atoms in total. The number of esters is 1. The van der Waals surface area contributed by atoms with E-state index in [0.717, 1.165) is 34.9 Å². The van der Waals surface area contributed by atoms with Crippen molar-refractivity contribution in [2.24, 2.45) is 0 Å². The summed E-state index contributed by atoms with van der Waals surface area (Å²) >= 11 is 0. The molecule has 0 aliphatic carbocycles. The van der Waals surface area contributed by atoms with Gasteiger partial charge in [-0.3, -0.25) is 0 Å². The molecule has 1 unspecified atom stereocenters. The summed E-state index contributed by atoms with van der Waals surface area (Å²) in [5.74, 6) is 0.804. The van der Waals surface area contributed by atoms with Gasteiger partial charge >= 0.3 is 5.97 Å². The highest BCUT2D eigenvalue weighted by Crippen LogP contribution is 2.27. The minimum Gasteiger partial charge on any atom is -0.477 e. The fraction of sp³-hybridized carbons (Fsp3) is 0.250. The van der Waals surface area contributed by atoms with Gasteiger partial charge in [0.15, 0.2) is 11.9 Å². The number of benzene rings is 3. The zero-order valence-electron chi connectivity index (χ0n) is 19.4. The molecule has 0 saturated carbocycles. The summed E-state index contributed by atoms with van der Waals surface area (Å²) in [4.78, 5) is 21.5. The van der Waals surface area contributed by atoms with Crippen LogP contribution in [0.3, 0.4) is 0 Å². The van der Waals surface area contributed by atoms with E-state index in [-0.39, 0.29) is 0 Å². The lowest BCUT2D eigenvalue weighted by atomic mass is 10.1. The van der Waals surface area contributed by atoms with E-state index in [1.165, 1.54) is 12.7 Å². The molecule has 6 heteroatoms. The number of carbonyl (C=O) groups excluding carboxylic acids is 1. The number of methoxy groups -OCH3 is 1. The number of carbonyl (C=O) groups is 1. The van der Waals surface area contributed by atoms with Gasteiger partial charge in [0.25, 0.3) is 0 Å². The first-order valence-corrected chi connectivity index (χ1v) is 11.4. The number of para-hydroxylation sites is 1. The molecule has 0 N–H and O–H groups in total. The fourth-order valence-electron chi connectivity index (χ4n) is 3.60. The number of nitrogens with zero attached hydrogens (tertiary/aromatic N) is 2. The van der Waals surface area contributed by atoms with Gasteiger partial charge in [-0.15, -0.1) is 0 Å². The Morgan fingerprint density at radius 1 is 0.853 bits per heavy atom. The highest BCUT2D eigenvalue weighted by molar-refractivity contribution is 5.85. The largest absolute Gasteiger partial charge is 0.477 e. The van der Waals surface area contributed by atoms with Crippen molar-refractivity contribution in [3.05, 3.63) is 90.0 Å². The van der Waals surface area contributed by atoms with Crippen molar-refractivity contribution in [3.8, 4) is 17.3 Å². The smallest absolute Gasteiger partial charge is 0.339 e. The Kier molecular flexibility index (Phi) is 7.83. The van der Waals surface area contributed by atoms with E-state index in [1.807, 2.05) is 78.9 Å². The van der Waals surface area contributed by atoms with Crippen LogP contribution >= 0.6 is 0 Å². The van der Waals surface area contributed by atoms with E-state index in [2.05, 4.69) is 6.92 Å². The van der Waals surface area contributed by atoms with E-state index in [0.29, 0.717) is 24.9 Å². The van der Waals surface area contributed by atoms with Crippen LogP contribution in [0.4, 0.5) is 0 Å². The third-order valence-electron chi connectivity index (χ3n) is 5.46. The maximum absolute atomic E-state index is 12.1. The minimum atomic E-state index is -0.727. The Morgan fingerprint density at radius 3 is 2.32 bits per heavy atom. The van der Waals surface area contributed by atoms with Gasteiger partial charge in [-0.1, -0.05) is 72.3 Å². The van der Waals surface area contributed by atoms with Crippen LogP contribution in [0.1, 0.15) is 30.1 Å². The van der Waals surface area contributed by atoms with E-state index >= 15 is 0 Å². The summed E-state index contributed by atoms with van der Waals surface area (Å²) in [5, 5.41) is 0.879. The van der Waals surface area contributed by atoms with Gasteiger partial charge in [-0.2, -0.15) is 4.98 Å². The summed E-state index contributed by atoms with van der Waals surface area (Å²) in [5.41, 5.74) is 3.76. The number of hydrogen-bond donors (Lipinski definition) is 0. The van der Waals surface area contributed by atoms with Crippen molar-refractivity contribution >= 4 is 16.9 Å². The number of ether oxygens (including phenoxy) is 3. The van der Waals surface area contributed by atoms with Crippen molar-refractivity contribution in [1.29, 1.82) is 0 Å². The third kappa shape index (κ3) is 5.77. The first-order valence-electron chi connectivity index (χ1n) is 11.4. The molecule has 0 saturated heterocycles. The highest BCUT2D eigenvalue weighted by atomic mass is 16.6. The summed E-state index contributed by atoms with van der Waals surface area (Å²) in [6.45, 7) is 2.94. The predicted molar refractivity (Wildman–Crippen MR) is 132 cm³/mol. The molecular weight excluding hydrogens is 428 g/mol. The molecule has 4 rings (SSSR count). The Hall–Kier alpha value is -3.77. The molecule has 0 radical (unpaired) electrons. The standard InChI is InChI=1S/C28H28N2O4/c1-20-14-16-22(17-15-20)26-29-24-13-7-6-12-23(24)27(30-26)34-19-9-8-18-33-25(28(31)32-2)21-10-4-3-5-11-21/h3-7,10-17,25H,8-9,18-19H2,1-2H3. The molecule has 174 valence electrons. The molecule has 1 aromatic heterocycles. The molecular formula is C28H28N2O4. The van der Waals surface area contributed by atoms with Gasteiger partial charge in [0.1, 0.15) is 0 Å². The monoisotopic (exact) mass is 456 g/mol. The highest BCUT2D eigenvalue weighted by Gasteiger charge is 2.21. The quantitative estimate of drug-likeness (QED) is 0.225. The maximum Gasteiger partial charge on any atom is 0.339 e. The number of aromatic nitrogens is 2. The lowest BCUT2D eigenvalue weighted by molar-refractivity contribution is -0.154. The average Bonchev–Trinajstić information content (AvgIpc) is 2.88. The molecule has 4 aromatic rings. The lowest BCUT2D eigenvalue weighted by Gasteiger charge is -2.16. The predicted octanol–water partition coefficient (Wildman–Crippen LogP) is 5.70. The summed E-state index contributed by atoms with van der Waals surface area (Å²) in [6.07, 6.45) is 0.754. The number of unbranched alkanes of at least 4 members (excludes halogenated alkanes) is 1.